The molecule has 3 N–H and O–H groups in total. The van der Waals surface area contributed by atoms with Gasteiger partial charge in [-0.05, 0) is 23.6 Å². The first kappa shape index (κ1) is 27.8. The monoisotopic (exact) mass is 526 g/mol. The van der Waals surface area contributed by atoms with Crippen molar-refractivity contribution in [2.75, 3.05) is 14.2 Å². The van der Waals surface area contributed by atoms with E-state index in [1.54, 1.807) is 12.5 Å². The summed E-state index contributed by atoms with van der Waals surface area (Å²) < 4.78 is 10.4. The number of nitrogens with zero attached hydrogens (tertiary/aromatic N) is 1. The molecule has 202 valence electrons. The second-order valence-electron chi connectivity index (χ2n) is 9.31. The summed E-state index contributed by atoms with van der Waals surface area (Å²) in [6.45, 7) is 1.85. The number of esters is 2. The smallest absolute Gasteiger partial charge is 0.324 e. The minimum Gasteiger partial charge on any atom is -0.468 e. The lowest BCUT2D eigenvalue weighted by atomic mass is 9.76. The molecule has 0 radical (unpaired) electrons. The molecule has 0 saturated heterocycles. The number of imidazole rings is 1. The van der Waals surface area contributed by atoms with Gasteiger partial charge in [0.05, 0.1) is 26.1 Å². The third-order valence-corrected chi connectivity index (χ3v) is 6.88. The molecule has 1 heterocycles. The highest BCUT2D eigenvalue weighted by Crippen LogP contribution is 2.37. The fraction of sp³-hybridized carbons (Fsp3) is 0.258. The molecule has 0 aliphatic rings. The molecule has 0 bridgehead atoms. The molecule has 4 aromatic rings. The van der Waals surface area contributed by atoms with Crippen LogP contribution in [0.15, 0.2) is 104 Å². The minimum atomic E-state index is -0.914. The summed E-state index contributed by atoms with van der Waals surface area (Å²) in [5, 5.41) is 6.99. The summed E-state index contributed by atoms with van der Waals surface area (Å²) in [4.78, 5) is 33.2. The predicted octanol–water partition coefficient (Wildman–Crippen LogP) is 3.60. The number of nitrogens with one attached hydrogen (secondary N) is 3. The number of carbonyl (C=O) groups is 2. The zero-order chi connectivity index (χ0) is 27.7. The fourth-order valence-corrected chi connectivity index (χ4v) is 4.95. The van der Waals surface area contributed by atoms with Crippen LogP contribution in [0.25, 0.3) is 0 Å². The van der Waals surface area contributed by atoms with Crippen LogP contribution in [0.5, 0.6) is 0 Å². The maximum absolute atomic E-state index is 13.4. The standard InChI is InChI=1S/C31H34N4O4/c1-22(34-27(29(36)38-2)19-26-20-32-21-33-26)28(30(37)39-3)35-31(23-13-7-4-8-14-23,24-15-9-5-10-16-24)25-17-11-6-12-18-25/h4-18,20-22,27-28,34-35H,19H2,1-3H3,(H,32,33)/t22-,27+,28+/m1/s1. The van der Waals surface area contributed by atoms with E-state index in [0.29, 0.717) is 6.42 Å². The lowest BCUT2D eigenvalue weighted by molar-refractivity contribution is -0.146. The molecular weight excluding hydrogens is 492 g/mol. The van der Waals surface area contributed by atoms with Crippen molar-refractivity contribution >= 4 is 11.9 Å². The Labute approximate surface area is 228 Å². The van der Waals surface area contributed by atoms with Gasteiger partial charge in [0.15, 0.2) is 0 Å². The lowest BCUT2D eigenvalue weighted by Crippen LogP contribution is -2.61. The molecule has 4 rings (SSSR count). The maximum Gasteiger partial charge on any atom is 0.324 e. The number of ether oxygens (including phenoxy) is 2. The van der Waals surface area contributed by atoms with E-state index in [4.69, 9.17) is 9.47 Å². The largest absolute Gasteiger partial charge is 0.468 e. The van der Waals surface area contributed by atoms with Gasteiger partial charge in [0, 0.05) is 24.4 Å². The SMILES string of the molecule is COC(=O)[C@H](Cc1cnc[nH]1)N[C@H](C)[C@H](NC(c1ccccc1)(c1ccccc1)c1ccccc1)C(=O)OC. The Hall–Kier alpha value is -4.27. The quantitative estimate of drug-likeness (QED) is 0.191. The second-order valence-corrected chi connectivity index (χ2v) is 9.31. The van der Waals surface area contributed by atoms with E-state index in [-0.39, 0.29) is 0 Å². The summed E-state index contributed by atoms with van der Waals surface area (Å²) >= 11 is 0. The first-order valence-corrected chi connectivity index (χ1v) is 12.8. The van der Waals surface area contributed by atoms with E-state index in [2.05, 4.69) is 20.6 Å². The summed E-state index contributed by atoms with van der Waals surface area (Å²) in [5.74, 6) is -0.909. The van der Waals surface area contributed by atoms with Gasteiger partial charge < -0.3 is 14.5 Å². The lowest BCUT2D eigenvalue weighted by Gasteiger charge is -2.41. The molecule has 0 amide bonds. The Morgan fingerprint density at radius 2 is 1.31 bits per heavy atom. The van der Waals surface area contributed by atoms with Crippen molar-refractivity contribution in [3.63, 3.8) is 0 Å². The van der Waals surface area contributed by atoms with E-state index in [1.807, 2.05) is 97.9 Å². The molecule has 0 fully saturated rings. The number of benzene rings is 3. The zero-order valence-electron chi connectivity index (χ0n) is 22.3. The Kier molecular flexibility index (Phi) is 9.25. The highest BCUT2D eigenvalue weighted by atomic mass is 16.5. The molecule has 0 saturated carbocycles. The Bertz CT molecular complexity index is 1220. The van der Waals surface area contributed by atoms with Gasteiger partial charge in [-0.15, -0.1) is 0 Å². The van der Waals surface area contributed by atoms with Gasteiger partial charge in [-0.25, -0.2) is 4.98 Å². The van der Waals surface area contributed by atoms with Crippen molar-refractivity contribution < 1.29 is 19.1 Å². The Morgan fingerprint density at radius 3 is 1.72 bits per heavy atom. The first-order valence-electron chi connectivity index (χ1n) is 12.8. The predicted molar refractivity (Wildman–Crippen MR) is 149 cm³/mol. The summed E-state index contributed by atoms with van der Waals surface area (Å²) in [6, 6.07) is 27.8. The molecule has 1 aromatic heterocycles. The molecule has 0 spiro atoms. The van der Waals surface area contributed by atoms with Crippen molar-refractivity contribution in [2.24, 2.45) is 0 Å². The molecule has 3 aromatic carbocycles. The van der Waals surface area contributed by atoms with Crippen LogP contribution >= 0.6 is 0 Å². The highest BCUT2D eigenvalue weighted by Gasteiger charge is 2.42. The van der Waals surface area contributed by atoms with Gasteiger partial charge in [-0.1, -0.05) is 91.0 Å². The second kappa shape index (κ2) is 13.0. The van der Waals surface area contributed by atoms with Gasteiger partial charge in [0.25, 0.3) is 0 Å². The summed E-state index contributed by atoms with van der Waals surface area (Å²) in [6.07, 6.45) is 3.52. The molecule has 0 aliphatic heterocycles. The number of aromatic amines is 1. The van der Waals surface area contributed by atoms with Crippen molar-refractivity contribution in [2.45, 2.75) is 37.0 Å². The minimum absolute atomic E-state index is 0.312. The Balaban J connectivity index is 1.80. The molecule has 0 aliphatic carbocycles. The van der Waals surface area contributed by atoms with Crippen LogP contribution in [-0.2, 0) is 31.0 Å². The number of H-pyrrole nitrogens is 1. The fourth-order valence-electron chi connectivity index (χ4n) is 4.95. The van der Waals surface area contributed by atoms with Crippen molar-refractivity contribution in [1.82, 2.24) is 20.6 Å². The average molecular weight is 527 g/mol. The van der Waals surface area contributed by atoms with Crippen LogP contribution in [0.3, 0.4) is 0 Å². The number of hydrogen-bond donors (Lipinski definition) is 3. The van der Waals surface area contributed by atoms with Crippen LogP contribution in [0.4, 0.5) is 0 Å². The van der Waals surface area contributed by atoms with Crippen LogP contribution < -0.4 is 10.6 Å². The molecule has 3 atom stereocenters. The van der Waals surface area contributed by atoms with Crippen molar-refractivity contribution in [3.05, 3.63) is 126 Å². The highest BCUT2D eigenvalue weighted by molar-refractivity contribution is 5.78. The summed E-state index contributed by atoms with van der Waals surface area (Å²) in [5.41, 5.74) is 2.70. The van der Waals surface area contributed by atoms with E-state index in [1.165, 1.54) is 14.2 Å². The van der Waals surface area contributed by atoms with Gasteiger partial charge in [-0.2, -0.15) is 0 Å². The molecule has 8 heteroatoms. The third-order valence-electron chi connectivity index (χ3n) is 6.88. The average Bonchev–Trinajstić information content (AvgIpc) is 3.51. The van der Waals surface area contributed by atoms with Gasteiger partial charge in [0.1, 0.15) is 12.1 Å². The summed E-state index contributed by atoms with van der Waals surface area (Å²) in [7, 11) is 2.71. The normalized spacial score (nSPS) is 13.7. The van der Waals surface area contributed by atoms with Gasteiger partial charge in [0.2, 0.25) is 0 Å². The molecule has 8 nitrogen and oxygen atoms in total. The van der Waals surface area contributed by atoms with Gasteiger partial charge in [-0.3, -0.25) is 20.2 Å². The number of rotatable bonds is 12. The van der Waals surface area contributed by atoms with Crippen LogP contribution in [0, 0.1) is 0 Å². The third kappa shape index (κ3) is 6.25. The number of aromatic nitrogens is 2. The molecule has 0 unspecified atom stereocenters. The number of carbonyl (C=O) groups excluding carboxylic acids is 2. The maximum atomic E-state index is 13.4. The first-order chi connectivity index (χ1) is 19.0. The van der Waals surface area contributed by atoms with E-state index in [9.17, 15) is 9.59 Å². The van der Waals surface area contributed by atoms with Gasteiger partial charge >= 0.3 is 11.9 Å². The van der Waals surface area contributed by atoms with Crippen LogP contribution in [-0.4, -0.2) is 54.3 Å². The number of methoxy groups -OCH3 is 2. The van der Waals surface area contributed by atoms with Crippen molar-refractivity contribution in [1.29, 1.82) is 0 Å². The van der Waals surface area contributed by atoms with Crippen LogP contribution in [0.1, 0.15) is 29.3 Å². The topological polar surface area (TPSA) is 105 Å². The van der Waals surface area contributed by atoms with Crippen molar-refractivity contribution in [3.8, 4) is 0 Å². The molecular formula is C31H34N4O4. The van der Waals surface area contributed by atoms with E-state index in [0.717, 1.165) is 22.4 Å². The van der Waals surface area contributed by atoms with E-state index >= 15 is 0 Å². The van der Waals surface area contributed by atoms with E-state index < -0.39 is 35.6 Å². The number of hydrogen-bond acceptors (Lipinski definition) is 7. The Morgan fingerprint density at radius 1 is 0.821 bits per heavy atom. The molecule has 39 heavy (non-hydrogen) atoms. The zero-order valence-corrected chi connectivity index (χ0v) is 22.3. The van der Waals surface area contributed by atoms with Crippen LogP contribution in [0.2, 0.25) is 0 Å².